The Bertz CT molecular complexity index is 782. The van der Waals surface area contributed by atoms with Gasteiger partial charge in [0.25, 0.3) is 0 Å². The maximum Gasteiger partial charge on any atom is 0.342 e. The average molecular weight is 299 g/mol. The number of hydrogen-bond acceptors (Lipinski definition) is 5. The van der Waals surface area contributed by atoms with Crippen LogP contribution in [-0.4, -0.2) is 23.7 Å². The van der Waals surface area contributed by atoms with E-state index in [0.717, 1.165) is 0 Å². The smallest absolute Gasteiger partial charge is 0.342 e. The van der Waals surface area contributed by atoms with Crippen LogP contribution in [0.1, 0.15) is 39.0 Å². The molecule has 1 heterocycles. The van der Waals surface area contributed by atoms with Gasteiger partial charge in [0.15, 0.2) is 5.76 Å². The summed E-state index contributed by atoms with van der Waals surface area (Å²) in [7, 11) is 0. The number of carbonyl (C=O) groups is 2. The molecule has 0 atom stereocenters. The molecule has 112 valence electrons. The minimum atomic E-state index is -1.32. The normalized spacial score (nSPS) is 10.0. The molecule has 1 aromatic carbocycles. The third-order valence-electron chi connectivity index (χ3n) is 3.07. The summed E-state index contributed by atoms with van der Waals surface area (Å²) in [6.45, 7) is 3.23. The zero-order valence-corrected chi connectivity index (χ0v) is 12.0. The van der Waals surface area contributed by atoms with Crippen LogP contribution in [-0.2, 0) is 4.74 Å². The number of carboxylic acids is 1. The van der Waals surface area contributed by atoms with Crippen LogP contribution in [0.15, 0.2) is 28.7 Å². The Morgan fingerprint density at radius 1 is 1.32 bits per heavy atom. The Balaban J connectivity index is 2.73. The first-order valence-corrected chi connectivity index (χ1v) is 6.54. The number of nitriles is 1. The van der Waals surface area contributed by atoms with Crippen LogP contribution in [0, 0.1) is 18.3 Å². The minimum absolute atomic E-state index is 0.0230. The first-order chi connectivity index (χ1) is 10.5. The van der Waals surface area contributed by atoms with Crippen LogP contribution >= 0.6 is 0 Å². The minimum Gasteiger partial charge on any atom is -0.478 e. The summed E-state index contributed by atoms with van der Waals surface area (Å²) >= 11 is 0. The molecule has 0 spiro atoms. The lowest BCUT2D eigenvalue weighted by molar-refractivity contribution is 0.0513. The number of esters is 1. The van der Waals surface area contributed by atoms with E-state index in [4.69, 9.17) is 14.4 Å². The second kappa shape index (κ2) is 6.14. The average Bonchev–Trinajstić information content (AvgIpc) is 2.85. The lowest BCUT2D eigenvalue weighted by Crippen LogP contribution is -2.11. The standard InChI is InChI=1S/C16H13NO5/c1-3-21-16(20)12-9(2)22-14(13(12)15(18)19)11-7-5-4-6-10(11)8-17/h4-7H,3H2,1-2H3,(H,18,19). The van der Waals surface area contributed by atoms with Crippen LogP contribution in [0.4, 0.5) is 0 Å². The Morgan fingerprint density at radius 2 is 2.00 bits per heavy atom. The number of ether oxygens (including phenoxy) is 1. The molecule has 2 aromatic rings. The summed E-state index contributed by atoms with van der Waals surface area (Å²) in [4.78, 5) is 23.6. The van der Waals surface area contributed by atoms with Gasteiger partial charge in [-0.05, 0) is 26.0 Å². The molecule has 0 unspecified atom stereocenters. The number of aryl methyl sites for hydroxylation is 1. The van der Waals surface area contributed by atoms with Crippen LogP contribution in [0.2, 0.25) is 0 Å². The second-order valence-electron chi connectivity index (χ2n) is 4.42. The summed E-state index contributed by atoms with van der Waals surface area (Å²) in [6, 6.07) is 8.40. The van der Waals surface area contributed by atoms with E-state index in [2.05, 4.69) is 0 Å². The van der Waals surface area contributed by atoms with Crippen LogP contribution < -0.4 is 0 Å². The third-order valence-corrected chi connectivity index (χ3v) is 3.07. The fourth-order valence-corrected chi connectivity index (χ4v) is 2.17. The zero-order chi connectivity index (χ0) is 16.3. The van der Waals surface area contributed by atoms with Gasteiger partial charge in [0.1, 0.15) is 16.9 Å². The highest BCUT2D eigenvalue weighted by atomic mass is 16.5. The second-order valence-corrected chi connectivity index (χ2v) is 4.42. The SMILES string of the molecule is CCOC(=O)c1c(C)oc(-c2ccccc2C#N)c1C(=O)O. The fourth-order valence-electron chi connectivity index (χ4n) is 2.17. The van der Waals surface area contributed by atoms with Crippen molar-refractivity contribution < 1.29 is 23.8 Å². The molecule has 1 N–H and O–H groups in total. The van der Waals surface area contributed by atoms with Crippen molar-refractivity contribution in [3.05, 3.63) is 46.7 Å². The van der Waals surface area contributed by atoms with E-state index < -0.39 is 11.9 Å². The number of hydrogen-bond donors (Lipinski definition) is 1. The molecule has 0 radical (unpaired) electrons. The first-order valence-electron chi connectivity index (χ1n) is 6.54. The lowest BCUT2D eigenvalue weighted by Gasteiger charge is -2.03. The van der Waals surface area contributed by atoms with Gasteiger partial charge in [-0.3, -0.25) is 0 Å². The molecule has 0 fully saturated rings. The summed E-state index contributed by atoms with van der Waals surface area (Å²) in [5.41, 5.74) is 0.158. The zero-order valence-electron chi connectivity index (χ0n) is 12.0. The van der Waals surface area contributed by atoms with Gasteiger partial charge in [0.05, 0.1) is 18.2 Å². The number of carboxylic acid groups (broad SMARTS) is 1. The van der Waals surface area contributed by atoms with Crippen molar-refractivity contribution in [2.24, 2.45) is 0 Å². The first kappa shape index (κ1) is 15.3. The van der Waals surface area contributed by atoms with Gasteiger partial charge in [0.2, 0.25) is 0 Å². The molecule has 1 aromatic heterocycles. The molecule has 0 aliphatic rings. The van der Waals surface area contributed by atoms with Crippen molar-refractivity contribution in [1.29, 1.82) is 5.26 Å². The number of nitrogens with zero attached hydrogens (tertiary/aromatic N) is 1. The Kier molecular flexibility index (Phi) is 4.28. The van der Waals surface area contributed by atoms with E-state index in [1.54, 1.807) is 31.2 Å². The van der Waals surface area contributed by atoms with E-state index in [1.807, 2.05) is 6.07 Å². The van der Waals surface area contributed by atoms with Gasteiger partial charge in [-0.15, -0.1) is 0 Å². The quantitative estimate of drug-likeness (QED) is 0.871. The van der Waals surface area contributed by atoms with Gasteiger partial charge in [-0.1, -0.05) is 12.1 Å². The fraction of sp³-hybridized carbons (Fsp3) is 0.188. The predicted molar refractivity (Wildman–Crippen MR) is 76.5 cm³/mol. The van der Waals surface area contributed by atoms with Crippen molar-refractivity contribution in [1.82, 2.24) is 0 Å². The highest BCUT2D eigenvalue weighted by Crippen LogP contribution is 2.33. The molecule has 0 saturated carbocycles. The molecule has 6 heteroatoms. The van der Waals surface area contributed by atoms with E-state index in [-0.39, 0.29) is 34.8 Å². The topological polar surface area (TPSA) is 101 Å². The molecule has 0 bridgehead atoms. The number of aromatic carboxylic acids is 1. The summed E-state index contributed by atoms with van der Waals surface area (Å²) in [6.07, 6.45) is 0. The van der Waals surface area contributed by atoms with E-state index in [0.29, 0.717) is 5.56 Å². The largest absolute Gasteiger partial charge is 0.478 e. The maximum atomic E-state index is 12.0. The number of furan rings is 1. The molecule has 22 heavy (non-hydrogen) atoms. The third kappa shape index (κ3) is 2.56. The van der Waals surface area contributed by atoms with Gasteiger partial charge in [-0.2, -0.15) is 5.26 Å². The summed E-state index contributed by atoms with van der Waals surface area (Å²) < 4.78 is 10.3. The molecule has 0 aliphatic carbocycles. The van der Waals surface area contributed by atoms with Crippen LogP contribution in [0.25, 0.3) is 11.3 Å². The number of carbonyl (C=O) groups excluding carboxylic acids is 1. The highest BCUT2D eigenvalue weighted by molar-refractivity contribution is 6.07. The van der Waals surface area contributed by atoms with Gasteiger partial charge >= 0.3 is 11.9 Å². The van der Waals surface area contributed by atoms with Gasteiger partial charge < -0.3 is 14.3 Å². The van der Waals surface area contributed by atoms with E-state index in [1.165, 1.54) is 6.92 Å². The number of benzene rings is 1. The monoisotopic (exact) mass is 299 g/mol. The van der Waals surface area contributed by atoms with Crippen LogP contribution in [0.5, 0.6) is 0 Å². The van der Waals surface area contributed by atoms with Gasteiger partial charge in [-0.25, -0.2) is 9.59 Å². The van der Waals surface area contributed by atoms with Crippen molar-refractivity contribution in [3.63, 3.8) is 0 Å². The van der Waals surface area contributed by atoms with Crippen molar-refractivity contribution >= 4 is 11.9 Å². The van der Waals surface area contributed by atoms with Crippen molar-refractivity contribution in [2.45, 2.75) is 13.8 Å². The molecule has 2 rings (SSSR count). The van der Waals surface area contributed by atoms with Crippen molar-refractivity contribution in [2.75, 3.05) is 6.61 Å². The Morgan fingerprint density at radius 3 is 2.59 bits per heavy atom. The number of rotatable bonds is 4. The molecular weight excluding hydrogens is 286 g/mol. The maximum absolute atomic E-state index is 12.0. The molecule has 0 saturated heterocycles. The lowest BCUT2D eigenvalue weighted by atomic mass is 10.0. The molecule has 0 aliphatic heterocycles. The van der Waals surface area contributed by atoms with Gasteiger partial charge in [0, 0.05) is 5.56 Å². The molecule has 0 amide bonds. The highest BCUT2D eigenvalue weighted by Gasteiger charge is 2.30. The molecule has 6 nitrogen and oxygen atoms in total. The predicted octanol–water partition coefficient (Wildman–Crippen LogP) is 3.00. The van der Waals surface area contributed by atoms with Crippen molar-refractivity contribution in [3.8, 4) is 17.4 Å². The Labute approximate surface area is 126 Å². The van der Waals surface area contributed by atoms with E-state index >= 15 is 0 Å². The summed E-state index contributed by atoms with van der Waals surface area (Å²) in [5, 5.41) is 18.6. The summed E-state index contributed by atoms with van der Waals surface area (Å²) in [5.74, 6) is -1.96. The molecular formula is C16H13NO5. The van der Waals surface area contributed by atoms with E-state index in [9.17, 15) is 14.7 Å². The Hall–Kier alpha value is -3.07. The van der Waals surface area contributed by atoms with Crippen LogP contribution in [0.3, 0.4) is 0 Å².